The van der Waals surface area contributed by atoms with Crippen molar-refractivity contribution in [1.29, 1.82) is 15.8 Å². The van der Waals surface area contributed by atoms with Gasteiger partial charge in [-0.05, 0) is 100 Å². The molecule has 0 amide bonds. The average molecular weight is 737 g/mol. The second-order valence-electron chi connectivity index (χ2n) is 14.1. The van der Waals surface area contributed by atoms with Crippen molar-refractivity contribution in [3.63, 3.8) is 0 Å². The first kappa shape index (κ1) is 33.9. The Labute approximate surface area is 334 Å². The molecule has 0 atom stereocenters. The Balaban J connectivity index is 1.30. The first-order valence-electron chi connectivity index (χ1n) is 18.7. The molecule has 0 unspecified atom stereocenters. The predicted octanol–water partition coefficient (Wildman–Crippen LogP) is 13.0. The molecule has 58 heavy (non-hydrogen) atoms. The summed E-state index contributed by atoms with van der Waals surface area (Å²) in [5, 5.41) is 35.2. The van der Waals surface area contributed by atoms with Gasteiger partial charge in [0.05, 0.1) is 63.3 Å². The van der Waals surface area contributed by atoms with Crippen molar-refractivity contribution in [2.45, 2.75) is 0 Å². The van der Waals surface area contributed by atoms with E-state index in [2.05, 4.69) is 92.9 Å². The van der Waals surface area contributed by atoms with E-state index in [1.54, 1.807) is 6.07 Å². The number of fused-ring (bicyclic) bond motifs is 6. The van der Waals surface area contributed by atoms with Crippen molar-refractivity contribution in [3.8, 4) is 63.0 Å². The van der Waals surface area contributed by atoms with Crippen molar-refractivity contribution < 1.29 is 0 Å². The van der Waals surface area contributed by atoms with Crippen molar-refractivity contribution in [3.05, 3.63) is 198 Å². The summed E-state index contributed by atoms with van der Waals surface area (Å²) < 4.78 is 4.33. The van der Waals surface area contributed by atoms with Crippen LogP contribution in [0.25, 0.3) is 93.2 Å². The summed E-state index contributed by atoms with van der Waals surface area (Å²) in [5.74, 6) is 0. The molecule has 0 spiro atoms. The summed E-state index contributed by atoms with van der Waals surface area (Å²) in [5.41, 5.74) is 12.6. The number of hydrogen-bond donors (Lipinski definition) is 0. The van der Waals surface area contributed by atoms with Gasteiger partial charge in [0.15, 0.2) is 5.69 Å². The molecule has 266 valence electrons. The lowest BCUT2D eigenvalue weighted by Gasteiger charge is -2.18. The lowest BCUT2D eigenvalue weighted by Crippen LogP contribution is -2.05. The maximum absolute atomic E-state index is 11.4. The summed E-state index contributed by atoms with van der Waals surface area (Å²) in [6.45, 7) is 7.81. The van der Waals surface area contributed by atoms with Gasteiger partial charge in [0.1, 0.15) is 11.6 Å². The van der Waals surface area contributed by atoms with Crippen LogP contribution in [0.4, 0.5) is 5.69 Å². The van der Waals surface area contributed by atoms with E-state index in [0.29, 0.717) is 33.8 Å². The Hall–Kier alpha value is -8.68. The van der Waals surface area contributed by atoms with Gasteiger partial charge in [-0.1, -0.05) is 103 Å². The molecule has 8 aromatic carbocycles. The molecule has 0 saturated heterocycles. The van der Waals surface area contributed by atoms with Gasteiger partial charge < -0.3 is 9.13 Å². The molecule has 10 aromatic rings. The largest absolute Gasteiger partial charge is 0.308 e. The Kier molecular flexibility index (Phi) is 7.92. The van der Waals surface area contributed by atoms with Crippen LogP contribution in [0.5, 0.6) is 0 Å². The van der Waals surface area contributed by atoms with Gasteiger partial charge in [0.25, 0.3) is 0 Å². The maximum atomic E-state index is 11.4. The molecule has 2 aromatic heterocycles. The Morgan fingerprint density at radius 3 is 1.57 bits per heavy atom. The van der Waals surface area contributed by atoms with E-state index in [9.17, 15) is 15.8 Å². The van der Waals surface area contributed by atoms with Crippen LogP contribution in [0.2, 0.25) is 0 Å². The zero-order chi connectivity index (χ0) is 39.3. The summed E-state index contributed by atoms with van der Waals surface area (Å²) in [6.07, 6.45) is 0. The third-order valence-corrected chi connectivity index (χ3v) is 11.1. The number of nitrogens with zero attached hydrogens (tertiary/aromatic N) is 6. The van der Waals surface area contributed by atoms with E-state index in [4.69, 9.17) is 6.57 Å². The van der Waals surface area contributed by atoms with Crippen LogP contribution in [0.15, 0.2) is 170 Å². The third kappa shape index (κ3) is 5.23. The van der Waals surface area contributed by atoms with Gasteiger partial charge in [0, 0.05) is 21.5 Å². The number of para-hydroxylation sites is 3. The monoisotopic (exact) mass is 736 g/mol. The quantitative estimate of drug-likeness (QED) is 0.165. The fourth-order valence-electron chi connectivity index (χ4n) is 8.46. The molecule has 6 nitrogen and oxygen atoms in total. The second-order valence-corrected chi connectivity index (χ2v) is 14.1. The van der Waals surface area contributed by atoms with Gasteiger partial charge in [-0.15, -0.1) is 0 Å². The summed E-state index contributed by atoms with van der Waals surface area (Å²) in [6, 6.07) is 63.1. The van der Waals surface area contributed by atoms with Crippen molar-refractivity contribution >= 4 is 49.3 Å². The molecule has 10 rings (SSSR count). The molecule has 0 aliphatic heterocycles. The van der Waals surface area contributed by atoms with Gasteiger partial charge in [-0.2, -0.15) is 15.8 Å². The topological polar surface area (TPSA) is 85.6 Å². The van der Waals surface area contributed by atoms with Crippen molar-refractivity contribution in [1.82, 2.24) is 9.13 Å². The second kappa shape index (κ2) is 13.6. The number of aromatic nitrogens is 2. The number of rotatable bonds is 5. The van der Waals surface area contributed by atoms with E-state index < -0.39 is 0 Å². The Morgan fingerprint density at radius 1 is 0.414 bits per heavy atom. The average Bonchev–Trinajstić information content (AvgIpc) is 3.80. The highest BCUT2D eigenvalue weighted by Gasteiger charge is 2.23. The number of benzene rings is 8. The first-order valence-corrected chi connectivity index (χ1v) is 18.7. The van der Waals surface area contributed by atoms with Crippen molar-refractivity contribution in [2.75, 3.05) is 0 Å². The summed E-state index contributed by atoms with van der Waals surface area (Å²) in [7, 11) is 0. The first-order chi connectivity index (χ1) is 28.6. The minimum Gasteiger partial charge on any atom is -0.308 e. The molecule has 0 aliphatic rings. The maximum Gasteiger partial charge on any atom is 0.194 e. The molecule has 0 fully saturated rings. The highest BCUT2D eigenvalue weighted by molar-refractivity contribution is 6.12. The molecule has 0 N–H and O–H groups in total. The molecular formula is C52H28N6. The van der Waals surface area contributed by atoms with Crippen LogP contribution >= 0.6 is 0 Å². The molecular weight excluding hydrogens is 709 g/mol. The predicted molar refractivity (Wildman–Crippen MR) is 232 cm³/mol. The summed E-state index contributed by atoms with van der Waals surface area (Å²) in [4.78, 5) is 3.79. The van der Waals surface area contributed by atoms with Crippen LogP contribution in [-0.4, -0.2) is 9.13 Å². The van der Waals surface area contributed by atoms with Crippen LogP contribution in [-0.2, 0) is 0 Å². The normalized spacial score (nSPS) is 11.0. The lowest BCUT2D eigenvalue weighted by molar-refractivity contribution is 1.12. The highest BCUT2D eigenvalue weighted by atomic mass is 15.0. The molecule has 0 saturated carbocycles. The Bertz CT molecular complexity index is 3320. The fraction of sp³-hybridized carbons (Fsp3) is 0. The molecule has 0 radical (unpaired) electrons. The molecule has 2 heterocycles. The van der Waals surface area contributed by atoms with Crippen LogP contribution in [0.1, 0.15) is 16.7 Å². The molecule has 0 bridgehead atoms. The molecule has 6 heteroatoms. The van der Waals surface area contributed by atoms with E-state index in [0.717, 1.165) is 77.0 Å². The third-order valence-electron chi connectivity index (χ3n) is 11.1. The van der Waals surface area contributed by atoms with Gasteiger partial charge in [-0.25, -0.2) is 4.85 Å². The zero-order valence-electron chi connectivity index (χ0n) is 30.8. The SMILES string of the molecule is [C-]#[N+]c1ccccc1-c1ccc2c(c1)c1ccccc1n2-c1cc(-c2cccc(C#N)c2)cc(-n2c3ccccc3c3cc(-c4ccccc4C#N)ccc32)c1C#N. The van der Waals surface area contributed by atoms with Crippen LogP contribution < -0.4 is 0 Å². The number of hydrogen-bond acceptors (Lipinski definition) is 3. The lowest BCUT2D eigenvalue weighted by atomic mass is 9.98. The van der Waals surface area contributed by atoms with E-state index in [1.807, 2.05) is 103 Å². The Morgan fingerprint density at radius 2 is 0.966 bits per heavy atom. The van der Waals surface area contributed by atoms with E-state index >= 15 is 0 Å². The van der Waals surface area contributed by atoms with Gasteiger partial charge in [-0.3, -0.25) is 0 Å². The van der Waals surface area contributed by atoms with Crippen LogP contribution in [0.3, 0.4) is 0 Å². The van der Waals surface area contributed by atoms with E-state index in [-0.39, 0.29) is 0 Å². The number of nitriles is 3. The zero-order valence-corrected chi connectivity index (χ0v) is 30.8. The van der Waals surface area contributed by atoms with E-state index in [1.165, 1.54) is 0 Å². The van der Waals surface area contributed by atoms with Crippen LogP contribution in [0, 0.1) is 40.6 Å². The summed E-state index contributed by atoms with van der Waals surface area (Å²) >= 11 is 0. The van der Waals surface area contributed by atoms with Gasteiger partial charge >= 0.3 is 0 Å². The minimum absolute atomic E-state index is 0.479. The molecule has 0 aliphatic carbocycles. The van der Waals surface area contributed by atoms with Gasteiger partial charge in [0.2, 0.25) is 0 Å². The fourth-order valence-corrected chi connectivity index (χ4v) is 8.46. The standard InChI is InChI=1S/C52H28N6/c1-56-46-18-7-4-15-40(46)36-22-24-50-44(27-36)42-17-6-9-20-48(42)58(50)52-29-38(34-13-10-11-33(25-34)30-53)28-51(45(52)32-55)57-47-19-8-5-16-41(47)43-26-35(21-23-49(43)57)39-14-3-2-12-37(39)31-54/h2-29H. The smallest absolute Gasteiger partial charge is 0.194 e. The minimum atomic E-state index is 0.479. The van der Waals surface area contributed by atoms with Crippen molar-refractivity contribution in [2.24, 2.45) is 0 Å². The highest BCUT2D eigenvalue weighted by Crippen LogP contribution is 2.42.